The van der Waals surface area contributed by atoms with Gasteiger partial charge < -0.3 is 11.5 Å². The molecule has 5 nitrogen and oxygen atoms in total. The maximum absolute atomic E-state index is 11.5. The Morgan fingerprint density at radius 3 is 2.41 bits per heavy atom. The number of aryl methyl sites for hydroxylation is 1. The zero-order valence-electron chi connectivity index (χ0n) is 10.3. The van der Waals surface area contributed by atoms with E-state index < -0.39 is 5.91 Å². The topological polar surface area (TPSA) is 86.9 Å². The molecule has 0 spiro atoms. The summed E-state index contributed by atoms with van der Waals surface area (Å²) in [5, 5.41) is 4.39. The van der Waals surface area contributed by atoms with Crippen LogP contribution in [0.3, 0.4) is 0 Å². The highest BCUT2D eigenvalue weighted by Crippen LogP contribution is 2.34. The number of hydrogen-bond acceptors (Lipinski definition) is 3. The molecule has 1 amide bonds. The van der Waals surface area contributed by atoms with Crippen molar-refractivity contribution in [2.45, 2.75) is 44.4 Å². The molecule has 0 unspecified atom stereocenters. The van der Waals surface area contributed by atoms with E-state index in [0.717, 1.165) is 18.5 Å². The summed E-state index contributed by atoms with van der Waals surface area (Å²) >= 11 is 0. The van der Waals surface area contributed by atoms with E-state index in [0.29, 0.717) is 17.3 Å². The molecule has 0 aliphatic heterocycles. The monoisotopic (exact) mass is 236 g/mol. The minimum Gasteiger partial charge on any atom is -0.383 e. The number of rotatable bonds is 2. The summed E-state index contributed by atoms with van der Waals surface area (Å²) in [5.41, 5.74) is 12.5. The second kappa shape index (κ2) is 4.77. The molecule has 0 aromatic carbocycles. The summed E-state index contributed by atoms with van der Waals surface area (Å²) in [6.45, 7) is 0. The second-order valence-electron chi connectivity index (χ2n) is 4.82. The lowest BCUT2D eigenvalue weighted by Crippen LogP contribution is -2.16. The summed E-state index contributed by atoms with van der Waals surface area (Å²) in [6, 6.07) is 0. The molecule has 1 aromatic heterocycles. The number of amides is 1. The van der Waals surface area contributed by atoms with Crippen molar-refractivity contribution in [3.05, 3.63) is 11.3 Å². The normalized spacial score (nSPS) is 17.9. The highest BCUT2D eigenvalue weighted by molar-refractivity contribution is 5.98. The van der Waals surface area contributed by atoms with Gasteiger partial charge in [0, 0.05) is 13.0 Å². The maximum Gasteiger partial charge on any atom is 0.254 e. The van der Waals surface area contributed by atoms with Gasteiger partial charge in [-0.05, 0) is 12.8 Å². The molecule has 0 atom stereocenters. The molecule has 1 heterocycles. The van der Waals surface area contributed by atoms with E-state index in [2.05, 4.69) is 5.10 Å². The molecule has 1 aliphatic carbocycles. The average molecular weight is 236 g/mol. The second-order valence-corrected chi connectivity index (χ2v) is 4.82. The number of anilines is 1. The number of carbonyl (C=O) groups excluding carboxylic acids is 1. The molecule has 1 aliphatic rings. The third-order valence-corrected chi connectivity index (χ3v) is 3.61. The lowest BCUT2D eigenvalue weighted by Gasteiger charge is -2.12. The Bertz CT molecular complexity index is 416. The van der Waals surface area contributed by atoms with Crippen LogP contribution < -0.4 is 11.5 Å². The average Bonchev–Trinajstić information content (AvgIpc) is 2.50. The van der Waals surface area contributed by atoms with Crippen LogP contribution in [0.15, 0.2) is 0 Å². The van der Waals surface area contributed by atoms with Crippen molar-refractivity contribution in [2.75, 3.05) is 5.73 Å². The first-order chi connectivity index (χ1) is 8.11. The Morgan fingerprint density at radius 2 is 1.88 bits per heavy atom. The van der Waals surface area contributed by atoms with E-state index in [-0.39, 0.29) is 0 Å². The molecule has 1 aromatic rings. The third-order valence-electron chi connectivity index (χ3n) is 3.61. The smallest absolute Gasteiger partial charge is 0.254 e. The molecule has 94 valence electrons. The number of hydrogen-bond donors (Lipinski definition) is 2. The fourth-order valence-corrected chi connectivity index (χ4v) is 2.65. The minimum absolute atomic E-state index is 0.337. The van der Waals surface area contributed by atoms with Crippen LogP contribution in [-0.2, 0) is 7.05 Å². The van der Waals surface area contributed by atoms with Crippen LogP contribution in [0.5, 0.6) is 0 Å². The lowest BCUT2D eigenvalue weighted by molar-refractivity contribution is 0.0999. The predicted octanol–water partition coefficient (Wildman–Crippen LogP) is 1.54. The first-order valence-corrected chi connectivity index (χ1v) is 6.23. The van der Waals surface area contributed by atoms with Crippen LogP contribution in [0.1, 0.15) is 60.5 Å². The van der Waals surface area contributed by atoms with E-state index in [1.807, 2.05) is 0 Å². The van der Waals surface area contributed by atoms with Gasteiger partial charge in [0.2, 0.25) is 0 Å². The van der Waals surface area contributed by atoms with Gasteiger partial charge in [-0.25, -0.2) is 0 Å². The van der Waals surface area contributed by atoms with Crippen LogP contribution in [0, 0.1) is 0 Å². The molecule has 0 saturated heterocycles. The third kappa shape index (κ3) is 2.28. The van der Waals surface area contributed by atoms with E-state index in [1.54, 1.807) is 11.7 Å². The van der Waals surface area contributed by atoms with Crippen molar-refractivity contribution in [1.29, 1.82) is 0 Å². The van der Waals surface area contributed by atoms with Gasteiger partial charge >= 0.3 is 0 Å². The van der Waals surface area contributed by atoms with Gasteiger partial charge in [-0.15, -0.1) is 0 Å². The molecular weight excluding hydrogens is 216 g/mol. The number of aromatic nitrogens is 2. The highest BCUT2D eigenvalue weighted by atomic mass is 16.1. The number of carbonyl (C=O) groups is 1. The van der Waals surface area contributed by atoms with Crippen LogP contribution in [0.4, 0.5) is 5.82 Å². The Morgan fingerprint density at radius 1 is 1.29 bits per heavy atom. The van der Waals surface area contributed by atoms with Gasteiger partial charge in [-0.2, -0.15) is 5.10 Å². The van der Waals surface area contributed by atoms with E-state index in [9.17, 15) is 4.79 Å². The van der Waals surface area contributed by atoms with E-state index >= 15 is 0 Å². The van der Waals surface area contributed by atoms with Crippen LogP contribution in [-0.4, -0.2) is 15.7 Å². The maximum atomic E-state index is 11.5. The number of nitrogens with two attached hydrogens (primary N) is 2. The Kier molecular flexibility index (Phi) is 3.36. The quantitative estimate of drug-likeness (QED) is 0.763. The van der Waals surface area contributed by atoms with Crippen molar-refractivity contribution in [2.24, 2.45) is 12.8 Å². The summed E-state index contributed by atoms with van der Waals surface area (Å²) in [7, 11) is 1.75. The van der Waals surface area contributed by atoms with Gasteiger partial charge in [0.25, 0.3) is 5.91 Å². The van der Waals surface area contributed by atoms with Gasteiger partial charge in [-0.3, -0.25) is 9.48 Å². The molecule has 4 N–H and O–H groups in total. The van der Waals surface area contributed by atoms with Crippen LogP contribution >= 0.6 is 0 Å². The summed E-state index contributed by atoms with van der Waals surface area (Å²) in [4.78, 5) is 11.5. The Balaban J connectivity index is 2.36. The van der Waals surface area contributed by atoms with Crippen molar-refractivity contribution < 1.29 is 4.79 Å². The zero-order valence-corrected chi connectivity index (χ0v) is 10.3. The molecule has 0 bridgehead atoms. The van der Waals surface area contributed by atoms with Crippen molar-refractivity contribution in [3.63, 3.8) is 0 Å². The Hall–Kier alpha value is -1.52. The Labute approximate surface area is 101 Å². The molecule has 2 rings (SSSR count). The summed E-state index contributed by atoms with van der Waals surface area (Å²) in [6.07, 6.45) is 7.08. The van der Waals surface area contributed by atoms with Crippen molar-refractivity contribution >= 4 is 11.7 Å². The largest absolute Gasteiger partial charge is 0.383 e. The molecule has 5 heteroatoms. The van der Waals surface area contributed by atoms with Crippen molar-refractivity contribution in [3.8, 4) is 0 Å². The lowest BCUT2D eigenvalue weighted by atomic mass is 9.93. The highest BCUT2D eigenvalue weighted by Gasteiger charge is 2.25. The van der Waals surface area contributed by atoms with E-state index in [4.69, 9.17) is 11.5 Å². The fraction of sp³-hybridized carbons (Fsp3) is 0.667. The summed E-state index contributed by atoms with van der Waals surface area (Å²) < 4.78 is 1.56. The van der Waals surface area contributed by atoms with Crippen LogP contribution in [0.2, 0.25) is 0 Å². The van der Waals surface area contributed by atoms with Gasteiger partial charge in [0.15, 0.2) is 0 Å². The molecule has 1 saturated carbocycles. The van der Waals surface area contributed by atoms with Gasteiger partial charge in [0.05, 0.1) is 5.69 Å². The van der Waals surface area contributed by atoms with Crippen molar-refractivity contribution in [1.82, 2.24) is 9.78 Å². The van der Waals surface area contributed by atoms with Crippen LogP contribution in [0.25, 0.3) is 0 Å². The molecular formula is C12H20N4O. The predicted molar refractivity (Wildman–Crippen MR) is 66.6 cm³/mol. The standard InChI is InChI=1S/C12H20N4O/c1-16-11(13)9(12(14)17)10(15-16)8-6-4-2-3-5-7-8/h8H,2-7,13H2,1H3,(H2,14,17). The molecule has 0 radical (unpaired) electrons. The van der Waals surface area contributed by atoms with Gasteiger partial charge in [0.1, 0.15) is 11.4 Å². The first-order valence-electron chi connectivity index (χ1n) is 6.23. The minimum atomic E-state index is -0.463. The number of nitrogens with zero attached hydrogens (tertiary/aromatic N) is 2. The fourth-order valence-electron chi connectivity index (χ4n) is 2.65. The van der Waals surface area contributed by atoms with E-state index in [1.165, 1.54) is 25.7 Å². The van der Waals surface area contributed by atoms with Gasteiger partial charge in [-0.1, -0.05) is 25.7 Å². The summed E-state index contributed by atoms with van der Waals surface area (Å²) in [5.74, 6) is 0.259. The molecule has 17 heavy (non-hydrogen) atoms. The SMILES string of the molecule is Cn1nc(C2CCCCCC2)c(C(N)=O)c1N. The first kappa shape index (κ1) is 12.0. The zero-order chi connectivity index (χ0) is 12.4. The number of primary amides is 1. The molecule has 1 fully saturated rings. The number of nitrogen functional groups attached to an aromatic ring is 1.